The molecule has 1 heterocycles. The summed E-state index contributed by atoms with van der Waals surface area (Å²) in [6, 6.07) is 12.9. The second-order valence-corrected chi connectivity index (χ2v) is 8.18. The minimum atomic E-state index is -0.991. The van der Waals surface area contributed by atoms with Gasteiger partial charge < -0.3 is 9.31 Å². The molecule has 0 spiro atoms. The summed E-state index contributed by atoms with van der Waals surface area (Å²) in [5.41, 5.74) is 1.05. The molecule has 2 aromatic rings. The van der Waals surface area contributed by atoms with Crippen LogP contribution in [0.1, 0.15) is 33.3 Å². The Hall–Kier alpha value is -1.33. The SMILES string of the molecule is CC1(C)OB(C(F)=Cc2ccc(-c3ccc(Cl)c(Cl)c3)cc2)OC1(C)C. The second kappa shape index (κ2) is 7.01. The van der Waals surface area contributed by atoms with Gasteiger partial charge in [0.25, 0.3) is 0 Å². The van der Waals surface area contributed by atoms with Crippen LogP contribution in [0.3, 0.4) is 0 Å². The molecule has 26 heavy (non-hydrogen) atoms. The number of benzene rings is 2. The second-order valence-electron chi connectivity index (χ2n) is 7.37. The molecule has 0 radical (unpaired) electrons. The minimum Gasteiger partial charge on any atom is -0.398 e. The Bertz CT molecular complexity index is 831. The molecule has 3 rings (SSSR count). The molecule has 1 aliphatic heterocycles. The predicted octanol–water partition coefficient (Wildman–Crippen LogP) is 6.60. The zero-order valence-electron chi connectivity index (χ0n) is 15.1. The highest BCUT2D eigenvalue weighted by atomic mass is 35.5. The van der Waals surface area contributed by atoms with E-state index in [1.807, 2.05) is 58.0 Å². The van der Waals surface area contributed by atoms with E-state index in [2.05, 4.69) is 0 Å². The van der Waals surface area contributed by atoms with Crippen molar-refractivity contribution in [3.63, 3.8) is 0 Å². The van der Waals surface area contributed by atoms with Crippen LogP contribution in [0.2, 0.25) is 10.0 Å². The Morgan fingerprint density at radius 1 is 0.885 bits per heavy atom. The number of hydrogen-bond donors (Lipinski definition) is 0. The van der Waals surface area contributed by atoms with Gasteiger partial charge in [-0.1, -0.05) is 53.5 Å². The topological polar surface area (TPSA) is 18.5 Å². The summed E-state index contributed by atoms with van der Waals surface area (Å²) in [5.74, 6) is 0. The van der Waals surface area contributed by atoms with Gasteiger partial charge in [-0.05, 0) is 62.6 Å². The molecule has 136 valence electrons. The Morgan fingerprint density at radius 2 is 1.42 bits per heavy atom. The van der Waals surface area contributed by atoms with Crippen molar-refractivity contribution in [3.8, 4) is 11.1 Å². The first kappa shape index (κ1) is 19.4. The van der Waals surface area contributed by atoms with E-state index >= 15 is 0 Å². The number of halogens is 3. The molecule has 1 fully saturated rings. The van der Waals surface area contributed by atoms with Gasteiger partial charge in [0.2, 0.25) is 0 Å². The third kappa shape index (κ3) is 3.84. The van der Waals surface area contributed by atoms with Crippen molar-refractivity contribution in [2.45, 2.75) is 38.9 Å². The Balaban J connectivity index is 1.78. The van der Waals surface area contributed by atoms with Gasteiger partial charge in [0.05, 0.1) is 21.2 Å². The van der Waals surface area contributed by atoms with Gasteiger partial charge in [0.1, 0.15) is 5.73 Å². The fourth-order valence-corrected chi connectivity index (χ4v) is 2.93. The van der Waals surface area contributed by atoms with E-state index in [1.165, 1.54) is 6.08 Å². The molecule has 0 saturated carbocycles. The number of hydrogen-bond acceptors (Lipinski definition) is 2. The average Bonchev–Trinajstić information content (AvgIpc) is 2.79. The van der Waals surface area contributed by atoms with Gasteiger partial charge in [-0.3, -0.25) is 0 Å². The summed E-state index contributed by atoms with van der Waals surface area (Å²) >= 11 is 12.0. The molecule has 0 bridgehead atoms. The van der Waals surface area contributed by atoms with Crippen molar-refractivity contribution in [1.82, 2.24) is 0 Å². The molecular weight excluding hydrogens is 373 g/mol. The Labute approximate surface area is 164 Å². The van der Waals surface area contributed by atoms with E-state index < -0.39 is 24.0 Å². The van der Waals surface area contributed by atoms with Crippen LogP contribution in [0.25, 0.3) is 17.2 Å². The smallest absolute Gasteiger partial charge is 0.398 e. The maximum absolute atomic E-state index is 14.6. The van der Waals surface area contributed by atoms with Crippen LogP contribution in [0.15, 0.2) is 48.2 Å². The first-order chi connectivity index (χ1) is 12.1. The molecule has 2 aromatic carbocycles. The van der Waals surface area contributed by atoms with Gasteiger partial charge in [-0.2, -0.15) is 0 Å². The number of rotatable bonds is 3. The fraction of sp³-hybridized carbons (Fsp3) is 0.300. The summed E-state index contributed by atoms with van der Waals surface area (Å²) in [4.78, 5) is 0. The summed E-state index contributed by atoms with van der Waals surface area (Å²) in [6.07, 6.45) is 1.43. The third-order valence-corrected chi connectivity index (χ3v) is 5.69. The van der Waals surface area contributed by atoms with E-state index in [1.54, 1.807) is 12.1 Å². The van der Waals surface area contributed by atoms with Crippen molar-refractivity contribution < 1.29 is 13.7 Å². The van der Waals surface area contributed by atoms with Crippen molar-refractivity contribution in [2.24, 2.45) is 0 Å². The summed E-state index contributed by atoms with van der Waals surface area (Å²) in [7, 11) is -0.991. The van der Waals surface area contributed by atoms with Gasteiger partial charge in [-0.15, -0.1) is 0 Å². The standard InChI is InChI=1S/C20H20BCl2FO2/c1-19(2)20(3,4)26-21(25-19)18(24)11-13-5-7-14(8-6-13)15-9-10-16(22)17(23)12-15/h5-12H,1-4H3. The van der Waals surface area contributed by atoms with Gasteiger partial charge >= 0.3 is 7.12 Å². The lowest BCUT2D eigenvalue weighted by Gasteiger charge is -2.32. The maximum atomic E-state index is 14.6. The maximum Gasteiger partial charge on any atom is 0.525 e. The molecule has 2 nitrogen and oxygen atoms in total. The summed E-state index contributed by atoms with van der Waals surface area (Å²) < 4.78 is 26.0. The van der Waals surface area contributed by atoms with Crippen molar-refractivity contribution in [3.05, 3.63) is 63.8 Å². The highest BCUT2D eigenvalue weighted by Crippen LogP contribution is 2.39. The zero-order valence-corrected chi connectivity index (χ0v) is 16.7. The summed E-state index contributed by atoms with van der Waals surface area (Å²) in [5, 5.41) is 1.01. The Morgan fingerprint density at radius 3 is 1.96 bits per heavy atom. The van der Waals surface area contributed by atoms with Crippen LogP contribution < -0.4 is 0 Å². The molecule has 6 heteroatoms. The van der Waals surface area contributed by atoms with Crippen LogP contribution in [0.5, 0.6) is 0 Å². The van der Waals surface area contributed by atoms with Crippen molar-refractivity contribution in [2.75, 3.05) is 0 Å². The minimum absolute atomic E-state index is 0.453. The molecule has 0 aromatic heterocycles. The quantitative estimate of drug-likeness (QED) is 0.547. The van der Waals surface area contributed by atoms with E-state index in [9.17, 15) is 4.39 Å². The average molecular weight is 393 g/mol. The van der Waals surface area contributed by atoms with Crippen LogP contribution in [0.4, 0.5) is 4.39 Å². The van der Waals surface area contributed by atoms with Crippen LogP contribution in [0, 0.1) is 0 Å². The predicted molar refractivity (Wildman–Crippen MR) is 107 cm³/mol. The lowest BCUT2D eigenvalue weighted by molar-refractivity contribution is 0.00578. The van der Waals surface area contributed by atoms with E-state index in [0.717, 1.165) is 16.7 Å². The first-order valence-electron chi connectivity index (χ1n) is 8.37. The monoisotopic (exact) mass is 392 g/mol. The van der Waals surface area contributed by atoms with Crippen molar-refractivity contribution >= 4 is 36.4 Å². The molecule has 0 unspecified atom stereocenters. The zero-order chi connectivity index (χ0) is 19.1. The van der Waals surface area contributed by atoms with Gasteiger partial charge in [-0.25, -0.2) is 4.39 Å². The highest BCUT2D eigenvalue weighted by molar-refractivity contribution is 6.54. The van der Waals surface area contributed by atoms with Gasteiger partial charge in [0.15, 0.2) is 0 Å². The van der Waals surface area contributed by atoms with E-state index in [0.29, 0.717) is 10.0 Å². The van der Waals surface area contributed by atoms with E-state index in [4.69, 9.17) is 32.5 Å². The molecule has 0 aliphatic carbocycles. The third-order valence-electron chi connectivity index (χ3n) is 4.95. The lowest BCUT2D eigenvalue weighted by atomic mass is 9.86. The molecule has 0 atom stereocenters. The molecule has 1 saturated heterocycles. The molecule has 0 N–H and O–H groups in total. The normalized spacial score (nSPS) is 19.0. The first-order valence-corrected chi connectivity index (χ1v) is 9.13. The highest BCUT2D eigenvalue weighted by Gasteiger charge is 2.53. The van der Waals surface area contributed by atoms with Crippen LogP contribution >= 0.6 is 23.2 Å². The van der Waals surface area contributed by atoms with E-state index in [-0.39, 0.29) is 0 Å². The largest absolute Gasteiger partial charge is 0.525 e. The van der Waals surface area contributed by atoms with Crippen LogP contribution in [-0.4, -0.2) is 18.3 Å². The molecule has 1 aliphatic rings. The Kier molecular flexibility index (Phi) is 5.24. The van der Waals surface area contributed by atoms with Gasteiger partial charge in [0, 0.05) is 0 Å². The lowest BCUT2D eigenvalue weighted by Crippen LogP contribution is -2.41. The molecule has 0 amide bonds. The van der Waals surface area contributed by atoms with Crippen LogP contribution in [-0.2, 0) is 9.31 Å². The molecular formula is C20H20BCl2FO2. The summed E-state index contributed by atoms with van der Waals surface area (Å²) in [6.45, 7) is 7.58. The van der Waals surface area contributed by atoms with Crippen molar-refractivity contribution in [1.29, 1.82) is 0 Å². The fourth-order valence-electron chi connectivity index (χ4n) is 2.63.